The van der Waals surface area contributed by atoms with E-state index in [0.29, 0.717) is 27.1 Å². The summed E-state index contributed by atoms with van der Waals surface area (Å²) in [5, 5.41) is 12.4. The topological polar surface area (TPSA) is 61.8 Å². The Bertz CT molecular complexity index is 657. The predicted molar refractivity (Wildman–Crippen MR) is 75.3 cm³/mol. The van der Waals surface area contributed by atoms with Gasteiger partial charge in [0.1, 0.15) is 11.9 Å². The summed E-state index contributed by atoms with van der Waals surface area (Å²) in [7, 11) is 0. The van der Waals surface area contributed by atoms with Crippen LogP contribution in [-0.4, -0.2) is 0 Å². The van der Waals surface area contributed by atoms with Crippen LogP contribution in [0, 0.1) is 17.1 Å². The molecule has 0 unspecified atom stereocenters. The van der Waals surface area contributed by atoms with Gasteiger partial charge in [-0.05, 0) is 30.3 Å². The minimum absolute atomic E-state index is 0.0623. The number of anilines is 3. The maximum atomic E-state index is 13.2. The first-order valence-corrected chi connectivity index (χ1v) is 5.98. The lowest BCUT2D eigenvalue weighted by Gasteiger charge is -2.11. The largest absolute Gasteiger partial charge is 0.399 e. The molecule has 0 aliphatic rings. The smallest absolute Gasteiger partial charge is 0.141 e. The Labute approximate surface area is 119 Å². The first-order valence-electron chi connectivity index (χ1n) is 5.22. The molecule has 2 aromatic carbocycles. The molecule has 0 spiro atoms. The number of nitriles is 1. The van der Waals surface area contributed by atoms with E-state index in [1.165, 1.54) is 18.2 Å². The van der Waals surface area contributed by atoms with Gasteiger partial charge in [0.15, 0.2) is 0 Å². The fraction of sp³-hybridized carbons (Fsp3) is 0. The number of nitrogens with one attached hydrogen (secondary N) is 1. The Morgan fingerprint density at radius 2 is 1.79 bits per heavy atom. The van der Waals surface area contributed by atoms with E-state index in [1.807, 2.05) is 0 Å². The Hall–Kier alpha value is -1.96. The van der Waals surface area contributed by atoms with Gasteiger partial charge in [0.25, 0.3) is 0 Å². The van der Waals surface area contributed by atoms with Crippen LogP contribution in [0.5, 0.6) is 0 Å². The molecule has 0 aliphatic carbocycles. The number of halogens is 3. The first-order chi connectivity index (χ1) is 9.01. The minimum atomic E-state index is -0.581. The Morgan fingerprint density at radius 3 is 2.37 bits per heavy atom. The maximum absolute atomic E-state index is 13.2. The lowest BCUT2D eigenvalue weighted by molar-refractivity contribution is 0.624. The third-order valence-corrected chi connectivity index (χ3v) is 3.02. The van der Waals surface area contributed by atoms with Crippen LogP contribution in [0.2, 0.25) is 10.0 Å². The van der Waals surface area contributed by atoms with Crippen LogP contribution < -0.4 is 11.1 Å². The van der Waals surface area contributed by atoms with Crippen molar-refractivity contribution >= 4 is 40.3 Å². The van der Waals surface area contributed by atoms with E-state index in [9.17, 15) is 4.39 Å². The van der Waals surface area contributed by atoms with E-state index in [4.69, 9.17) is 34.2 Å². The number of nitrogens with zero attached hydrogens (tertiary/aromatic N) is 1. The zero-order chi connectivity index (χ0) is 14.0. The molecule has 0 saturated heterocycles. The fourth-order valence-corrected chi connectivity index (χ4v) is 2.14. The SMILES string of the molecule is N#Cc1cc(Nc2c(Cl)cc(N)cc2Cl)ccc1F. The summed E-state index contributed by atoms with van der Waals surface area (Å²) in [6, 6.07) is 8.90. The van der Waals surface area contributed by atoms with Gasteiger partial charge in [-0.15, -0.1) is 0 Å². The zero-order valence-electron chi connectivity index (χ0n) is 9.55. The number of nitrogens with two attached hydrogens (primary N) is 1. The zero-order valence-corrected chi connectivity index (χ0v) is 11.1. The molecule has 0 amide bonds. The predicted octanol–water partition coefficient (Wildman–Crippen LogP) is 4.33. The first kappa shape index (κ1) is 13.5. The number of nitrogen functional groups attached to an aromatic ring is 1. The van der Waals surface area contributed by atoms with Crippen molar-refractivity contribution in [1.82, 2.24) is 0 Å². The van der Waals surface area contributed by atoms with Crippen molar-refractivity contribution in [2.75, 3.05) is 11.1 Å². The van der Waals surface area contributed by atoms with Crippen LogP contribution in [0.15, 0.2) is 30.3 Å². The van der Waals surface area contributed by atoms with Crippen molar-refractivity contribution < 1.29 is 4.39 Å². The van der Waals surface area contributed by atoms with Crippen molar-refractivity contribution in [3.8, 4) is 6.07 Å². The van der Waals surface area contributed by atoms with Crippen LogP contribution in [-0.2, 0) is 0 Å². The Balaban J connectivity index is 2.40. The van der Waals surface area contributed by atoms with E-state index in [0.717, 1.165) is 0 Å². The summed E-state index contributed by atoms with van der Waals surface area (Å²) >= 11 is 12.0. The van der Waals surface area contributed by atoms with Gasteiger partial charge < -0.3 is 11.1 Å². The van der Waals surface area contributed by atoms with E-state index >= 15 is 0 Å². The summed E-state index contributed by atoms with van der Waals surface area (Å²) in [5.41, 5.74) is 6.94. The lowest BCUT2D eigenvalue weighted by atomic mass is 10.2. The van der Waals surface area contributed by atoms with Gasteiger partial charge in [-0.2, -0.15) is 5.26 Å². The molecule has 0 aromatic heterocycles. The highest BCUT2D eigenvalue weighted by atomic mass is 35.5. The highest BCUT2D eigenvalue weighted by Gasteiger charge is 2.09. The van der Waals surface area contributed by atoms with Gasteiger partial charge >= 0.3 is 0 Å². The van der Waals surface area contributed by atoms with Crippen LogP contribution >= 0.6 is 23.2 Å². The molecule has 0 fully saturated rings. The van der Waals surface area contributed by atoms with E-state index in [1.54, 1.807) is 18.2 Å². The van der Waals surface area contributed by atoms with Gasteiger partial charge in [-0.3, -0.25) is 0 Å². The third-order valence-electron chi connectivity index (χ3n) is 2.42. The summed E-state index contributed by atoms with van der Waals surface area (Å²) in [4.78, 5) is 0. The van der Waals surface area contributed by atoms with Crippen molar-refractivity contribution in [1.29, 1.82) is 5.26 Å². The maximum Gasteiger partial charge on any atom is 0.141 e. The molecule has 0 atom stereocenters. The van der Waals surface area contributed by atoms with E-state index < -0.39 is 5.82 Å². The van der Waals surface area contributed by atoms with Gasteiger partial charge in [-0.1, -0.05) is 23.2 Å². The van der Waals surface area contributed by atoms with Gasteiger partial charge in [0.05, 0.1) is 21.3 Å². The molecule has 0 heterocycles. The Morgan fingerprint density at radius 1 is 1.16 bits per heavy atom. The summed E-state index contributed by atoms with van der Waals surface area (Å²) in [6.45, 7) is 0. The number of hydrogen-bond donors (Lipinski definition) is 2. The van der Waals surface area contributed by atoms with Crippen LogP contribution in [0.25, 0.3) is 0 Å². The van der Waals surface area contributed by atoms with E-state index in [2.05, 4.69) is 5.32 Å². The molecule has 3 N–H and O–H groups in total. The monoisotopic (exact) mass is 295 g/mol. The van der Waals surface area contributed by atoms with Crippen LogP contribution in [0.1, 0.15) is 5.56 Å². The minimum Gasteiger partial charge on any atom is -0.399 e. The van der Waals surface area contributed by atoms with Gasteiger partial charge in [0, 0.05) is 11.4 Å². The standard InChI is InChI=1S/C13H8Cl2FN3/c14-10-4-8(18)5-11(15)13(10)19-9-1-2-12(16)7(3-9)6-17/h1-5,19H,18H2. The average Bonchev–Trinajstić information content (AvgIpc) is 2.35. The van der Waals surface area contributed by atoms with Crippen LogP contribution in [0.4, 0.5) is 21.5 Å². The van der Waals surface area contributed by atoms with E-state index in [-0.39, 0.29) is 5.56 Å². The van der Waals surface area contributed by atoms with Crippen LogP contribution in [0.3, 0.4) is 0 Å². The lowest BCUT2D eigenvalue weighted by Crippen LogP contribution is -1.96. The van der Waals surface area contributed by atoms with Gasteiger partial charge in [-0.25, -0.2) is 4.39 Å². The van der Waals surface area contributed by atoms with Crippen molar-refractivity contribution in [2.45, 2.75) is 0 Å². The molecule has 0 aliphatic heterocycles. The second kappa shape index (κ2) is 5.35. The molecular weight excluding hydrogens is 288 g/mol. The number of hydrogen-bond acceptors (Lipinski definition) is 3. The molecule has 19 heavy (non-hydrogen) atoms. The van der Waals surface area contributed by atoms with Crippen molar-refractivity contribution in [2.24, 2.45) is 0 Å². The average molecular weight is 296 g/mol. The molecule has 2 rings (SSSR count). The molecule has 0 radical (unpaired) electrons. The van der Waals surface area contributed by atoms with Crippen molar-refractivity contribution in [3.05, 3.63) is 51.8 Å². The highest BCUT2D eigenvalue weighted by molar-refractivity contribution is 6.39. The summed E-state index contributed by atoms with van der Waals surface area (Å²) < 4.78 is 13.2. The van der Waals surface area contributed by atoms with Gasteiger partial charge in [0.2, 0.25) is 0 Å². The number of benzene rings is 2. The molecule has 96 valence electrons. The normalized spacial score (nSPS) is 10.0. The second-order valence-electron chi connectivity index (χ2n) is 3.79. The molecule has 2 aromatic rings. The third kappa shape index (κ3) is 2.90. The fourth-order valence-electron chi connectivity index (χ4n) is 1.55. The molecule has 0 bridgehead atoms. The van der Waals surface area contributed by atoms with Crippen molar-refractivity contribution in [3.63, 3.8) is 0 Å². The molecule has 6 heteroatoms. The highest BCUT2D eigenvalue weighted by Crippen LogP contribution is 2.35. The quantitative estimate of drug-likeness (QED) is 0.811. The summed E-state index contributed by atoms with van der Waals surface area (Å²) in [6.07, 6.45) is 0. The molecular formula is C13H8Cl2FN3. The Kier molecular flexibility index (Phi) is 3.79. The summed E-state index contributed by atoms with van der Waals surface area (Å²) in [5.74, 6) is -0.581. The molecule has 0 saturated carbocycles. The number of rotatable bonds is 2. The molecule has 3 nitrogen and oxygen atoms in total. The second-order valence-corrected chi connectivity index (χ2v) is 4.61.